The van der Waals surface area contributed by atoms with Crippen LogP contribution in [0.15, 0.2) is 18.2 Å². The van der Waals surface area contributed by atoms with E-state index in [-0.39, 0.29) is 5.82 Å². The van der Waals surface area contributed by atoms with Crippen molar-refractivity contribution in [3.63, 3.8) is 0 Å². The Kier molecular flexibility index (Phi) is 9.56. The Morgan fingerprint density at radius 2 is 1.45 bits per heavy atom. The lowest BCUT2D eigenvalue weighted by Crippen LogP contribution is -2.34. The summed E-state index contributed by atoms with van der Waals surface area (Å²) in [6.07, 6.45) is 22.1. The van der Waals surface area contributed by atoms with Gasteiger partial charge in [-0.05, 0) is 105 Å². The Hall–Kier alpha value is -1.05. The average molecular weight is 457 g/mol. The average Bonchev–Trinajstić information content (AvgIpc) is 2.85. The van der Waals surface area contributed by atoms with Gasteiger partial charge in [0, 0.05) is 6.07 Å². The van der Waals surface area contributed by atoms with E-state index in [4.69, 9.17) is 4.74 Å². The molecular weight excluding hydrogens is 407 g/mol. The van der Waals surface area contributed by atoms with Gasteiger partial charge < -0.3 is 4.74 Å². The van der Waals surface area contributed by atoms with Gasteiger partial charge in [0.05, 0.1) is 6.61 Å². The number of halogens is 1. The highest BCUT2D eigenvalue weighted by molar-refractivity contribution is 5.31. The number of ether oxygens (including phenoxy) is 1. The second kappa shape index (κ2) is 12.6. The molecule has 186 valence electrons. The molecule has 0 spiro atoms. The summed E-state index contributed by atoms with van der Waals surface area (Å²) < 4.78 is 20.5. The van der Waals surface area contributed by atoms with Crippen molar-refractivity contribution in [3.05, 3.63) is 29.6 Å². The Morgan fingerprint density at radius 3 is 2.18 bits per heavy atom. The molecule has 4 atom stereocenters. The van der Waals surface area contributed by atoms with Gasteiger partial charge in [0.25, 0.3) is 0 Å². The molecule has 1 aromatic rings. The van der Waals surface area contributed by atoms with Gasteiger partial charge in [-0.2, -0.15) is 0 Å². The minimum Gasteiger partial charge on any atom is -0.494 e. The molecule has 4 rings (SSSR count). The van der Waals surface area contributed by atoms with E-state index in [1.807, 2.05) is 12.1 Å². The Balaban J connectivity index is 1.23. The molecule has 1 nitrogen and oxygen atoms in total. The molecule has 2 heteroatoms. The molecule has 0 aliphatic heterocycles. The van der Waals surface area contributed by atoms with Gasteiger partial charge in [-0.3, -0.25) is 0 Å². The summed E-state index contributed by atoms with van der Waals surface area (Å²) in [6.45, 7) is 5.05. The van der Waals surface area contributed by atoms with E-state index in [1.165, 1.54) is 96.3 Å². The standard InChI is InChI=1S/C31H49FO/c1-3-5-6-7-8-23-9-11-24(12-10-23)25-13-14-27-21-28(16-15-26(27)20-25)30-18-17-29(22-31(30)32)33-19-4-2/h17-18,22-28H,3-16,19-21H2,1-2H3. The van der Waals surface area contributed by atoms with Crippen LogP contribution < -0.4 is 4.74 Å². The molecule has 0 aromatic heterocycles. The number of rotatable bonds is 10. The summed E-state index contributed by atoms with van der Waals surface area (Å²) in [7, 11) is 0. The fourth-order valence-electron chi connectivity index (χ4n) is 7.59. The van der Waals surface area contributed by atoms with Gasteiger partial charge >= 0.3 is 0 Å². The van der Waals surface area contributed by atoms with E-state index >= 15 is 0 Å². The number of fused-ring (bicyclic) bond motifs is 1. The van der Waals surface area contributed by atoms with Gasteiger partial charge in [-0.25, -0.2) is 4.39 Å². The van der Waals surface area contributed by atoms with Crippen LogP contribution in [0.2, 0.25) is 0 Å². The highest BCUT2D eigenvalue weighted by atomic mass is 19.1. The lowest BCUT2D eigenvalue weighted by molar-refractivity contribution is 0.0706. The molecule has 1 aromatic carbocycles. The van der Waals surface area contributed by atoms with Crippen LogP contribution in [-0.4, -0.2) is 6.61 Å². The highest BCUT2D eigenvalue weighted by Gasteiger charge is 2.39. The zero-order chi connectivity index (χ0) is 23.0. The quantitative estimate of drug-likeness (QED) is 0.318. The maximum Gasteiger partial charge on any atom is 0.130 e. The van der Waals surface area contributed by atoms with E-state index in [0.29, 0.717) is 18.3 Å². The summed E-state index contributed by atoms with van der Waals surface area (Å²) >= 11 is 0. The van der Waals surface area contributed by atoms with Crippen LogP contribution in [0.1, 0.15) is 128 Å². The van der Waals surface area contributed by atoms with Crippen molar-refractivity contribution in [2.24, 2.45) is 29.6 Å². The molecule has 0 radical (unpaired) electrons. The smallest absolute Gasteiger partial charge is 0.130 e. The van der Waals surface area contributed by atoms with Crippen molar-refractivity contribution in [3.8, 4) is 5.75 Å². The van der Waals surface area contributed by atoms with Gasteiger partial charge in [0.2, 0.25) is 0 Å². The third-order valence-electron chi connectivity index (χ3n) is 9.56. The van der Waals surface area contributed by atoms with Crippen LogP contribution in [0, 0.1) is 35.4 Å². The first kappa shape index (κ1) is 25.1. The molecule has 3 aliphatic rings. The second-order valence-electron chi connectivity index (χ2n) is 11.8. The van der Waals surface area contributed by atoms with E-state index < -0.39 is 0 Å². The summed E-state index contributed by atoms with van der Waals surface area (Å²) in [5.41, 5.74) is 0.941. The van der Waals surface area contributed by atoms with Gasteiger partial charge in [0.1, 0.15) is 11.6 Å². The van der Waals surface area contributed by atoms with E-state index in [1.54, 1.807) is 6.07 Å². The van der Waals surface area contributed by atoms with Crippen molar-refractivity contribution in [2.45, 2.75) is 122 Å². The van der Waals surface area contributed by atoms with Crippen LogP contribution in [0.4, 0.5) is 4.39 Å². The monoisotopic (exact) mass is 456 g/mol. The van der Waals surface area contributed by atoms with Gasteiger partial charge in [-0.15, -0.1) is 0 Å². The molecule has 4 unspecified atom stereocenters. The fourth-order valence-corrected chi connectivity index (χ4v) is 7.59. The number of hydrogen-bond donors (Lipinski definition) is 0. The predicted octanol–water partition coefficient (Wildman–Crippen LogP) is 9.69. The molecule has 0 saturated heterocycles. The highest BCUT2D eigenvalue weighted by Crippen LogP contribution is 2.51. The predicted molar refractivity (Wildman–Crippen MR) is 137 cm³/mol. The van der Waals surface area contributed by atoms with Crippen molar-refractivity contribution < 1.29 is 9.13 Å². The van der Waals surface area contributed by atoms with Crippen molar-refractivity contribution in [2.75, 3.05) is 6.61 Å². The summed E-state index contributed by atoms with van der Waals surface area (Å²) in [5.74, 6) is 5.78. The largest absolute Gasteiger partial charge is 0.494 e. The minimum absolute atomic E-state index is 0.0489. The minimum atomic E-state index is -0.0489. The fraction of sp³-hybridized carbons (Fsp3) is 0.806. The van der Waals surface area contributed by atoms with E-state index in [9.17, 15) is 4.39 Å². The maximum atomic E-state index is 14.9. The van der Waals surface area contributed by atoms with Crippen molar-refractivity contribution >= 4 is 0 Å². The van der Waals surface area contributed by atoms with Crippen molar-refractivity contribution in [1.82, 2.24) is 0 Å². The Morgan fingerprint density at radius 1 is 0.758 bits per heavy atom. The van der Waals surface area contributed by atoms with Gasteiger partial charge in [0.15, 0.2) is 0 Å². The number of benzene rings is 1. The lowest BCUT2D eigenvalue weighted by atomic mass is 9.60. The summed E-state index contributed by atoms with van der Waals surface area (Å²) in [6, 6.07) is 5.61. The lowest BCUT2D eigenvalue weighted by Gasteiger charge is -2.45. The third-order valence-corrected chi connectivity index (χ3v) is 9.56. The number of hydrogen-bond acceptors (Lipinski definition) is 1. The Bertz CT molecular complexity index is 707. The molecule has 0 amide bonds. The van der Waals surface area contributed by atoms with Crippen LogP contribution >= 0.6 is 0 Å². The zero-order valence-electron chi connectivity index (χ0n) is 21.5. The molecule has 0 heterocycles. The molecule has 33 heavy (non-hydrogen) atoms. The molecule has 0 N–H and O–H groups in total. The van der Waals surface area contributed by atoms with E-state index in [0.717, 1.165) is 41.6 Å². The normalized spacial score (nSPS) is 32.3. The van der Waals surface area contributed by atoms with Crippen molar-refractivity contribution in [1.29, 1.82) is 0 Å². The topological polar surface area (TPSA) is 9.23 Å². The summed E-state index contributed by atoms with van der Waals surface area (Å²) in [4.78, 5) is 0. The van der Waals surface area contributed by atoms with Crippen LogP contribution in [0.5, 0.6) is 5.75 Å². The first-order valence-corrected chi connectivity index (χ1v) is 14.6. The molecular formula is C31H49FO. The number of unbranched alkanes of at least 4 members (excludes halogenated alkanes) is 3. The van der Waals surface area contributed by atoms with Crippen LogP contribution in [0.3, 0.4) is 0 Å². The molecule has 3 aliphatic carbocycles. The Labute approximate surface area is 203 Å². The maximum absolute atomic E-state index is 14.9. The molecule has 3 fully saturated rings. The van der Waals surface area contributed by atoms with Crippen LogP contribution in [-0.2, 0) is 0 Å². The molecule has 3 saturated carbocycles. The first-order valence-electron chi connectivity index (χ1n) is 14.6. The van der Waals surface area contributed by atoms with Crippen LogP contribution in [0.25, 0.3) is 0 Å². The first-order chi connectivity index (χ1) is 16.2. The SMILES string of the molecule is CCCCCCC1CCC(C2CCC3CC(c4ccc(OCCC)cc4F)CCC3C2)CC1. The summed E-state index contributed by atoms with van der Waals surface area (Å²) in [5, 5.41) is 0. The zero-order valence-corrected chi connectivity index (χ0v) is 21.5. The third kappa shape index (κ3) is 6.76. The van der Waals surface area contributed by atoms with E-state index in [2.05, 4.69) is 13.8 Å². The second-order valence-corrected chi connectivity index (χ2v) is 11.8. The molecule has 0 bridgehead atoms. The van der Waals surface area contributed by atoms with Gasteiger partial charge in [-0.1, -0.05) is 64.9 Å².